The second kappa shape index (κ2) is 11.3. The van der Waals surface area contributed by atoms with E-state index in [1.54, 1.807) is 7.11 Å². The summed E-state index contributed by atoms with van der Waals surface area (Å²) in [5.41, 5.74) is 3.92. The Morgan fingerprint density at radius 1 is 1.03 bits per heavy atom. The number of sulfonamides is 1. The molecule has 0 fully saturated rings. The number of aromatic nitrogens is 3. The molecule has 0 aliphatic carbocycles. The van der Waals surface area contributed by atoms with Crippen molar-refractivity contribution in [1.29, 1.82) is 0 Å². The van der Waals surface area contributed by atoms with Crippen LogP contribution in [0.5, 0.6) is 5.75 Å². The molecule has 2 aromatic heterocycles. The van der Waals surface area contributed by atoms with Gasteiger partial charge in [0, 0.05) is 47.6 Å². The van der Waals surface area contributed by atoms with Crippen LogP contribution in [0.4, 0.5) is 11.6 Å². The van der Waals surface area contributed by atoms with E-state index in [2.05, 4.69) is 35.3 Å². The van der Waals surface area contributed by atoms with Gasteiger partial charge in [-0.3, -0.25) is 15.1 Å². The van der Waals surface area contributed by atoms with Crippen molar-refractivity contribution in [3.05, 3.63) is 71.7 Å². The first kappa shape index (κ1) is 26.6. The Morgan fingerprint density at radius 2 is 1.74 bits per heavy atom. The maximum Gasteiger partial charge on any atom is 0.264 e. The molecule has 4 N–H and O–H groups in total. The summed E-state index contributed by atoms with van der Waals surface area (Å²) in [4.78, 5) is 27.7. The highest BCUT2D eigenvalue weighted by atomic mass is 32.2. The quantitative estimate of drug-likeness (QED) is 0.199. The highest BCUT2D eigenvalue weighted by molar-refractivity contribution is 7.90. The van der Waals surface area contributed by atoms with E-state index in [0.717, 1.165) is 33.6 Å². The molecule has 12 heteroatoms. The zero-order chi connectivity index (χ0) is 27.3. The van der Waals surface area contributed by atoms with Crippen molar-refractivity contribution < 1.29 is 17.9 Å². The van der Waals surface area contributed by atoms with Crippen LogP contribution in [-0.4, -0.2) is 48.9 Å². The van der Waals surface area contributed by atoms with Gasteiger partial charge < -0.3 is 15.0 Å². The Morgan fingerprint density at radius 3 is 2.39 bits per heavy atom. The number of H-pyrrole nitrogens is 1. The van der Waals surface area contributed by atoms with Gasteiger partial charge in [-0.2, -0.15) is 0 Å². The molecule has 0 bridgehead atoms. The van der Waals surface area contributed by atoms with Gasteiger partial charge in [0.2, 0.25) is 17.8 Å². The lowest BCUT2D eigenvalue weighted by atomic mass is 10.1. The van der Waals surface area contributed by atoms with E-state index in [9.17, 15) is 13.2 Å². The van der Waals surface area contributed by atoms with Crippen LogP contribution in [0.15, 0.2) is 64.6 Å². The van der Waals surface area contributed by atoms with Gasteiger partial charge in [0.25, 0.3) is 10.0 Å². The van der Waals surface area contributed by atoms with Crippen molar-refractivity contribution in [3.63, 3.8) is 0 Å². The number of aryl methyl sites for hydroxylation is 2. The van der Waals surface area contributed by atoms with E-state index in [1.807, 2.05) is 44.3 Å². The number of carbonyl (C=O) groups is 1. The highest BCUT2D eigenvalue weighted by Crippen LogP contribution is 2.24. The third-order valence-electron chi connectivity index (χ3n) is 5.55. The maximum absolute atomic E-state index is 13.2. The molecule has 4 rings (SSSR count). The SMILES string of the molecule is COc1ccc2[nH]cc(CCN=C(Nc3nc(C)cc(C)n3)NS(=O)(=O)c3ccc(NC(C)=O)cc3)c2c1. The number of aliphatic imine (C=N–C) groups is 1. The Hall–Kier alpha value is -4.45. The number of anilines is 2. The highest BCUT2D eigenvalue weighted by Gasteiger charge is 2.18. The maximum atomic E-state index is 13.2. The molecule has 0 aliphatic heterocycles. The molecular weight excluding hydrogens is 506 g/mol. The predicted octanol–water partition coefficient (Wildman–Crippen LogP) is 3.53. The van der Waals surface area contributed by atoms with Gasteiger partial charge in [0.1, 0.15) is 5.75 Å². The second-order valence-corrected chi connectivity index (χ2v) is 10.3. The normalized spacial score (nSPS) is 11.8. The summed E-state index contributed by atoms with van der Waals surface area (Å²) in [5, 5.41) is 6.53. The monoisotopic (exact) mass is 535 g/mol. The molecule has 0 saturated heterocycles. The fraction of sp³-hybridized carbons (Fsp3) is 0.231. The summed E-state index contributed by atoms with van der Waals surface area (Å²) in [6.45, 7) is 5.30. The average molecular weight is 536 g/mol. The molecule has 2 heterocycles. The molecule has 198 valence electrons. The number of aromatic amines is 1. The number of ether oxygens (including phenoxy) is 1. The van der Waals surface area contributed by atoms with Crippen molar-refractivity contribution in [2.24, 2.45) is 4.99 Å². The predicted molar refractivity (Wildman–Crippen MR) is 147 cm³/mol. The standard InChI is InChI=1S/C26H29N7O4S/c1-16-13-17(2)30-26(29-16)32-25(33-38(35,36)22-8-5-20(6-9-22)31-18(3)34)27-12-11-19-15-28-24-10-7-21(37-4)14-23(19)24/h5-10,13-15,28H,11-12H2,1-4H3,(H,31,34)(H2,27,29,30,32,33). The van der Waals surface area contributed by atoms with Gasteiger partial charge in [0.15, 0.2) is 0 Å². The van der Waals surface area contributed by atoms with Gasteiger partial charge in [-0.25, -0.2) is 23.1 Å². The van der Waals surface area contributed by atoms with E-state index in [1.165, 1.54) is 31.2 Å². The summed E-state index contributed by atoms with van der Waals surface area (Å²) >= 11 is 0. The van der Waals surface area contributed by atoms with Crippen LogP contribution in [0.2, 0.25) is 0 Å². The Bertz CT molecular complexity index is 1580. The molecule has 0 atom stereocenters. The van der Waals surface area contributed by atoms with Gasteiger partial charge in [0.05, 0.1) is 12.0 Å². The van der Waals surface area contributed by atoms with Crippen LogP contribution < -0.4 is 20.1 Å². The first-order valence-corrected chi connectivity index (χ1v) is 13.3. The lowest BCUT2D eigenvalue weighted by Crippen LogP contribution is -2.37. The van der Waals surface area contributed by atoms with Crippen molar-refractivity contribution in [3.8, 4) is 5.75 Å². The van der Waals surface area contributed by atoms with Crippen LogP contribution in [0.3, 0.4) is 0 Å². The molecule has 1 amide bonds. The van der Waals surface area contributed by atoms with Gasteiger partial charge in [-0.1, -0.05) is 0 Å². The molecule has 0 radical (unpaired) electrons. The third kappa shape index (κ3) is 6.65. The zero-order valence-corrected chi connectivity index (χ0v) is 22.3. The first-order chi connectivity index (χ1) is 18.1. The fourth-order valence-corrected chi connectivity index (χ4v) is 4.85. The van der Waals surface area contributed by atoms with Crippen LogP contribution in [0, 0.1) is 13.8 Å². The number of hydrogen-bond donors (Lipinski definition) is 4. The Kier molecular flexibility index (Phi) is 7.91. The molecule has 4 aromatic rings. The second-order valence-electron chi connectivity index (χ2n) is 8.62. The molecule has 0 spiro atoms. The van der Waals surface area contributed by atoms with Crippen LogP contribution in [0.1, 0.15) is 23.9 Å². The van der Waals surface area contributed by atoms with Crippen molar-refractivity contribution in [2.75, 3.05) is 24.3 Å². The van der Waals surface area contributed by atoms with Crippen LogP contribution in [0.25, 0.3) is 10.9 Å². The third-order valence-corrected chi connectivity index (χ3v) is 6.91. The number of hydrogen-bond acceptors (Lipinski definition) is 7. The van der Waals surface area contributed by atoms with Gasteiger partial charge in [-0.05, 0) is 74.4 Å². The number of amides is 1. The lowest BCUT2D eigenvalue weighted by Gasteiger charge is -2.13. The minimum absolute atomic E-state index is 0.00571. The minimum Gasteiger partial charge on any atom is -0.497 e. The number of rotatable bonds is 8. The molecule has 11 nitrogen and oxygen atoms in total. The molecule has 2 aromatic carbocycles. The number of fused-ring (bicyclic) bond motifs is 1. The largest absolute Gasteiger partial charge is 0.497 e. The Balaban J connectivity index is 1.58. The van der Waals surface area contributed by atoms with Gasteiger partial charge in [-0.15, -0.1) is 0 Å². The van der Waals surface area contributed by atoms with Crippen molar-refractivity contribution >= 4 is 44.4 Å². The van der Waals surface area contributed by atoms with Crippen LogP contribution >= 0.6 is 0 Å². The van der Waals surface area contributed by atoms with E-state index in [-0.39, 0.29) is 29.3 Å². The number of nitrogens with zero attached hydrogens (tertiary/aromatic N) is 3. The number of benzene rings is 2. The lowest BCUT2D eigenvalue weighted by molar-refractivity contribution is -0.114. The average Bonchev–Trinajstić information content (AvgIpc) is 3.25. The zero-order valence-electron chi connectivity index (χ0n) is 21.5. The molecule has 0 aliphatic rings. The number of nitrogens with one attached hydrogen (secondary N) is 4. The fourth-order valence-electron chi connectivity index (χ4n) is 3.87. The summed E-state index contributed by atoms with van der Waals surface area (Å²) in [5.74, 6) is 0.702. The minimum atomic E-state index is -4.01. The van der Waals surface area contributed by atoms with Crippen molar-refractivity contribution in [2.45, 2.75) is 32.1 Å². The number of guanidine groups is 1. The summed E-state index contributed by atoms with van der Waals surface area (Å²) in [6.07, 6.45) is 2.44. The topological polar surface area (TPSA) is 150 Å². The molecular formula is C26H29N7O4S. The molecule has 0 saturated carbocycles. The van der Waals surface area contributed by atoms with E-state index < -0.39 is 10.0 Å². The smallest absolute Gasteiger partial charge is 0.264 e. The summed E-state index contributed by atoms with van der Waals surface area (Å²) in [6, 6.07) is 13.4. The van der Waals surface area contributed by atoms with Gasteiger partial charge >= 0.3 is 0 Å². The summed E-state index contributed by atoms with van der Waals surface area (Å²) < 4.78 is 34.2. The van der Waals surface area contributed by atoms with E-state index >= 15 is 0 Å². The van der Waals surface area contributed by atoms with Crippen molar-refractivity contribution in [1.82, 2.24) is 19.7 Å². The van der Waals surface area contributed by atoms with Crippen LogP contribution in [-0.2, 0) is 21.2 Å². The first-order valence-electron chi connectivity index (χ1n) is 11.8. The molecule has 38 heavy (non-hydrogen) atoms. The number of carbonyl (C=O) groups excluding carboxylic acids is 1. The van der Waals surface area contributed by atoms with E-state index in [0.29, 0.717) is 12.1 Å². The Labute approximate surface area is 220 Å². The molecule has 0 unspecified atom stereocenters. The number of methoxy groups -OCH3 is 1. The summed E-state index contributed by atoms with van der Waals surface area (Å²) in [7, 11) is -2.39. The van der Waals surface area contributed by atoms with E-state index in [4.69, 9.17) is 4.74 Å².